The third-order valence-corrected chi connectivity index (χ3v) is 3.63. The topological polar surface area (TPSA) is 29.1 Å². The van der Waals surface area contributed by atoms with Gasteiger partial charge in [0, 0.05) is 5.41 Å². The van der Waals surface area contributed by atoms with Crippen molar-refractivity contribution in [2.24, 2.45) is 5.41 Å². The number of rotatable bonds is 4. The lowest BCUT2D eigenvalue weighted by Crippen LogP contribution is -2.37. The molecule has 0 unspecified atom stereocenters. The number of benzene rings is 1. The molecule has 0 atom stereocenters. The monoisotopic (exact) mass is 345 g/mol. The first kappa shape index (κ1) is 14.5. The highest BCUT2D eigenvalue weighted by molar-refractivity contribution is 14.1. The molecule has 0 aliphatic carbocycles. The Hall–Kier alpha value is -0.580. The average Bonchev–Trinajstić information content (AvgIpc) is 2.27. The van der Waals surface area contributed by atoms with E-state index in [1.807, 2.05) is 54.9 Å². The van der Waals surface area contributed by atoms with E-state index in [4.69, 9.17) is 0 Å². The molecule has 0 aliphatic heterocycles. The molecule has 17 heavy (non-hydrogen) atoms. The summed E-state index contributed by atoms with van der Waals surface area (Å²) in [6.45, 7) is 8.35. The Morgan fingerprint density at radius 1 is 1.18 bits per heavy atom. The van der Waals surface area contributed by atoms with E-state index in [0.717, 1.165) is 6.42 Å². The normalized spacial score (nSPS) is 12.3. The Morgan fingerprint density at radius 3 is 2.18 bits per heavy atom. The van der Waals surface area contributed by atoms with E-state index in [0.29, 0.717) is 0 Å². The second-order valence-corrected chi connectivity index (χ2v) is 6.27. The van der Waals surface area contributed by atoms with Crippen LogP contribution in [0.2, 0.25) is 0 Å². The minimum Gasteiger partial charge on any atom is -0.298 e. The SMILES string of the molecule is CC(C)(CC(C)(C)c1ccccc1)C(=O)NI. The molecule has 0 aromatic heterocycles. The van der Waals surface area contributed by atoms with E-state index in [9.17, 15) is 4.79 Å². The van der Waals surface area contributed by atoms with Crippen molar-refractivity contribution in [3.63, 3.8) is 0 Å². The van der Waals surface area contributed by atoms with Crippen LogP contribution in [0.5, 0.6) is 0 Å². The molecule has 0 heterocycles. The molecule has 0 saturated heterocycles. The molecule has 0 saturated carbocycles. The van der Waals surface area contributed by atoms with Crippen LogP contribution in [0.25, 0.3) is 0 Å². The number of halogens is 1. The van der Waals surface area contributed by atoms with Gasteiger partial charge in [-0.1, -0.05) is 58.0 Å². The highest BCUT2D eigenvalue weighted by Crippen LogP contribution is 2.36. The van der Waals surface area contributed by atoms with Gasteiger partial charge < -0.3 is 0 Å². The van der Waals surface area contributed by atoms with Crippen molar-refractivity contribution in [2.45, 2.75) is 39.5 Å². The summed E-state index contributed by atoms with van der Waals surface area (Å²) >= 11 is 1.91. The molecule has 2 nitrogen and oxygen atoms in total. The van der Waals surface area contributed by atoms with E-state index >= 15 is 0 Å². The highest BCUT2D eigenvalue weighted by Gasteiger charge is 2.35. The first-order chi connectivity index (χ1) is 7.79. The highest BCUT2D eigenvalue weighted by atomic mass is 127. The molecular formula is C14H20INO. The summed E-state index contributed by atoms with van der Waals surface area (Å²) in [6.07, 6.45) is 0.818. The van der Waals surface area contributed by atoms with E-state index in [1.165, 1.54) is 5.56 Å². The fraction of sp³-hybridized carbons (Fsp3) is 0.500. The second-order valence-electron chi connectivity index (χ2n) is 5.73. The first-order valence-electron chi connectivity index (χ1n) is 5.76. The second kappa shape index (κ2) is 5.38. The molecule has 1 amide bonds. The number of hydrogen-bond donors (Lipinski definition) is 1. The zero-order valence-electron chi connectivity index (χ0n) is 10.9. The Kier molecular flexibility index (Phi) is 4.58. The van der Waals surface area contributed by atoms with Crippen LogP contribution in [0, 0.1) is 5.41 Å². The van der Waals surface area contributed by atoms with Crippen LogP contribution >= 0.6 is 22.9 Å². The van der Waals surface area contributed by atoms with Crippen molar-refractivity contribution in [2.75, 3.05) is 0 Å². The van der Waals surface area contributed by atoms with Gasteiger partial charge in [0.1, 0.15) is 0 Å². The number of carbonyl (C=O) groups excluding carboxylic acids is 1. The summed E-state index contributed by atoms with van der Waals surface area (Å²) in [5, 5.41) is 0. The largest absolute Gasteiger partial charge is 0.298 e. The number of amides is 1. The van der Waals surface area contributed by atoms with Crippen LogP contribution in [0.15, 0.2) is 30.3 Å². The minimum atomic E-state index is -0.361. The number of nitrogens with one attached hydrogen (secondary N) is 1. The average molecular weight is 345 g/mol. The van der Waals surface area contributed by atoms with Crippen LogP contribution in [0.4, 0.5) is 0 Å². The molecule has 3 heteroatoms. The molecule has 1 rings (SSSR count). The molecule has 0 spiro atoms. The van der Waals surface area contributed by atoms with Gasteiger partial charge in [0.25, 0.3) is 0 Å². The fourth-order valence-corrected chi connectivity index (χ4v) is 3.03. The lowest BCUT2D eigenvalue weighted by atomic mass is 9.71. The molecule has 0 bridgehead atoms. The van der Waals surface area contributed by atoms with E-state index in [2.05, 4.69) is 29.5 Å². The molecule has 0 fully saturated rings. The summed E-state index contributed by atoms with van der Waals surface area (Å²) in [5.74, 6) is 0.0853. The van der Waals surface area contributed by atoms with Crippen molar-refractivity contribution < 1.29 is 4.79 Å². The summed E-state index contributed by atoms with van der Waals surface area (Å²) < 4.78 is 2.71. The van der Waals surface area contributed by atoms with Crippen LogP contribution in [-0.2, 0) is 10.2 Å². The third kappa shape index (κ3) is 3.69. The molecule has 0 aliphatic rings. The smallest absolute Gasteiger partial charge is 0.234 e. The van der Waals surface area contributed by atoms with Crippen LogP contribution < -0.4 is 3.53 Å². The maximum Gasteiger partial charge on any atom is 0.234 e. The molecule has 1 N–H and O–H groups in total. The van der Waals surface area contributed by atoms with Gasteiger partial charge in [0.05, 0.1) is 22.9 Å². The lowest BCUT2D eigenvalue weighted by molar-refractivity contribution is -0.127. The number of hydrogen-bond acceptors (Lipinski definition) is 1. The van der Waals surface area contributed by atoms with Crippen molar-refractivity contribution in [1.29, 1.82) is 0 Å². The summed E-state index contributed by atoms with van der Waals surface area (Å²) in [7, 11) is 0. The molecule has 1 aromatic rings. The predicted molar refractivity (Wildman–Crippen MR) is 80.0 cm³/mol. The summed E-state index contributed by atoms with van der Waals surface area (Å²) in [5.41, 5.74) is 0.906. The van der Waals surface area contributed by atoms with Gasteiger partial charge in [-0.15, -0.1) is 0 Å². The van der Waals surface area contributed by atoms with E-state index in [-0.39, 0.29) is 16.7 Å². The Morgan fingerprint density at radius 2 is 1.71 bits per heavy atom. The Balaban J connectivity index is 2.90. The minimum absolute atomic E-state index is 0.00604. The maximum absolute atomic E-state index is 11.8. The standard InChI is InChI=1S/C14H20INO/c1-13(2,11-8-6-5-7-9-11)10-14(3,4)12(17)16-15/h5-9H,10H2,1-4H3,(H,16,17). The van der Waals surface area contributed by atoms with Crippen LogP contribution in [0.1, 0.15) is 39.7 Å². The molecule has 1 aromatic carbocycles. The van der Waals surface area contributed by atoms with E-state index in [1.54, 1.807) is 0 Å². The van der Waals surface area contributed by atoms with Crippen molar-refractivity contribution >= 4 is 28.8 Å². The fourth-order valence-electron chi connectivity index (χ4n) is 2.30. The van der Waals surface area contributed by atoms with Crippen LogP contribution in [0.3, 0.4) is 0 Å². The van der Waals surface area contributed by atoms with Gasteiger partial charge in [0.15, 0.2) is 0 Å². The third-order valence-electron chi connectivity index (χ3n) is 3.14. The maximum atomic E-state index is 11.8. The van der Waals surface area contributed by atoms with Gasteiger partial charge in [-0.25, -0.2) is 0 Å². The van der Waals surface area contributed by atoms with Crippen LogP contribution in [-0.4, -0.2) is 5.91 Å². The van der Waals surface area contributed by atoms with E-state index < -0.39 is 0 Å². The molecular weight excluding hydrogens is 325 g/mol. The molecule has 0 radical (unpaired) electrons. The zero-order valence-corrected chi connectivity index (χ0v) is 13.0. The van der Waals surface area contributed by atoms with Gasteiger partial charge >= 0.3 is 0 Å². The molecule has 94 valence electrons. The van der Waals surface area contributed by atoms with Crippen molar-refractivity contribution in [3.8, 4) is 0 Å². The number of carbonyl (C=O) groups is 1. The first-order valence-corrected chi connectivity index (χ1v) is 6.84. The van der Waals surface area contributed by atoms with Gasteiger partial charge in [0.2, 0.25) is 5.91 Å². The van der Waals surface area contributed by atoms with Gasteiger partial charge in [-0.3, -0.25) is 8.32 Å². The van der Waals surface area contributed by atoms with Crippen molar-refractivity contribution in [1.82, 2.24) is 3.53 Å². The van der Waals surface area contributed by atoms with Gasteiger partial charge in [-0.2, -0.15) is 0 Å². The Labute approximate surface area is 118 Å². The van der Waals surface area contributed by atoms with Crippen molar-refractivity contribution in [3.05, 3.63) is 35.9 Å². The summed E-state index contributed by atoms with van der Waals surface area (Å²) in [6, 6.07) is 10.4. The summed E-state index contributed by atoms with van der Waals surface area (Å²) in [4.78, 5) is 11.8. The predicted octanol–water partition coefficient (Wildman–Crippen LogP) is 3.85. The Bertz CT molecular complexity index is 384. The zero-order chi connectivity index (χ0) is 13.1. The van der Waals surface area contributed by atoms with Gasteiger partial charge in [-0.05, 0) is 17.4 Å². The quantitative estimate of drug-likeness (QED) is 0.652. The lowest BCUT2D eigenvalue weighted by Gasteiger charge is -2.33.